The van der Waals surface area contributed by atoms with Crippen LogP contribution in [0.3, 0.4) is 0 Å². The number of quaternary nitrogens is 1. The number of piperidine rings is 1. The Hall–Kier alpha value is -0.580. The summed E-state index contributed by atoms with van der Waals surface area (Å²) in [5.41, 5.74) is 0. The first kappa shape index (κ1) is 15.8. The van der Waals surface area contributed by atoms with Crippen LogP contribution >= 0.6 is 15.9 Å². The SMILES string of the molecule is CC1CC[NH+](CCOCCOc2cccc(Br)c2)CC1. The Morgan fingerprint density at radius 1 is 1.20 bits per heavy atom. The van der Waals surface area contributed by atoms with E-state index in [-0.39, 0.29) is 0 Å². The Kier molecular flexibility index (Phi) is 6.83. The fraction of sp³-hybridized carbons (Fsp3) is 0.625. The highest BCUT2D eigenvalue weighted by Gasteiger charge is 2.17. The van der Waals surface area contributed by atoms with Gasteiger partial charge in [-0.2, -0.15) is 0 Å². The predicted molar refractivity (Wildman–Crippen MR) is 84.4 cm³/mol. The van der Waals surface area contributed by atoms with Crippen LogP contribution in [0, 0.1) is 5.92 Å². The molecule has 0 radical (unpaired) electrons. The van der Waals surface area contributed by atoms with Crippen LogP contribution in [0.5, 0.6) is 5.75 Å². The van der Waals surface area contributed by atoms with Gasteiger partial charge in [0.1, 0.15) is 18.9 Å². The number of halogens is 1. The molecule has 4 heteroatoms. The van der Waals surface area contributed by atoms with E-state index < -0.39 is 0 Å². The summed E-state index contributed by atoms with van der Waals surface area (Å²) < 4.78 is 12.3. The Morgan fingerprint density at radius 3 is 2.75 bits per heavy atom. The van der Waals surface area contributed by atoms with Gasteiger partial charge in [0.25, 0.3) is 0 Å². The lowest BCUT2D eigenvalue weighted by atomic mass is 9.99. The molecule has 0 spiro atoms. The highest BCUT2D eigenvalue weighted by atomic mass is 79.9. The van der Waals surface area contributed by atoms with E-state index in [2.05, 4.69) is 22.9 Å². The third kappa shape index (κ3) is 5.81. The van der Waals surface area contributed by atoms with E-state index in [1.165, 1.54) is 25.9 Å². The van der Waals surface area contributed by atoms with E-state index >= 15 is 0 Å². The minimum Gasteiger partial charge on any atom is -0.491 e. The molecular formula is C16H25BrNO2+. The second kappa shape index (κ2) is 8.65. The standard InChI is InChI=1S/C16H24BrNO2/c1-14-5-7-18(8-6-14)9-10-19-11-12-20-16-4-2-3-15(17)13-16/h2-4,13-14H,5-12H2,1H3/p+1. The summed E-state index contributed by atoms with van der Waals surface area (Å²) in [7, 11) is 0. The lowest BCUT2D eigenvalue weighted by Gasteiger charge is -2.27. The number of hydrogen-bond acceptors (Lipinski definition) is 2. The summed E-state index contributed by atoms with van der Waals surface area (Å²) in [6.45, 7) is 8.21. The maximum Gasteiger partial charge on any atom is 0.120 e. The van der Waals surface area contributed by atoms with Crippen molar-refractivity contribution in [2.75, 3.05) is 39.5 Å². The van der Waals surface area contributed by atoms with Crippen molar-refractivity contribution in [2.24, 2.45) is 5.92 Å². The maximum absolute atomic E-state index is 5.66. The van der Waals surface area contributed by atoms with Gasteiger partial charge in [-0.1, -0.05) is 28.9 Å². The van der Waals surface area contributed by atoms with Gasteiger partial charge in [-0.15, -0.1) is 0 Å². The van der Waals surface area contributed by atoms with E-state index in [1.54, 1.807) is 4.90 Å². The zero-order valence-corrected chi connectivity index (χ0v) is 13.8. The second-order valence-corrected chi connectivity index (χ2v) is 6.52. The first-order valence-corrected chi connectivity index (χ1v) is 8.33. The van der Waals surface area contributed by atoms with Gasteiger partial charge in [0, 0.05) is 4.47 Å². The number of ether oxygens (including phenoxy) is 2. The molecule has 20 heavy (non-hydrogen) atoms. The van der Waals surface area contributed by atoms with Crippen LogP contribution in [0.4, 0.5) is 0 Å². The molecule has 0 aliphatic carbocycles. The van der Waals surface area contributed by atoms with Crippen molar-refractivity contribution in [3.8, 4) is 5.75 Å². The van der Waals surface area contributed by atoms with Crippen LogP contribution in [0.25, 0.3) is 0 Å². The molecule has 1 heterocycles. The maximum atomic E-state index is 5.66. The molecular weight excluding hydrogens is 318 g/mol. The number of hydrogen-bond donors (Lipinski definition) is 1. The minimum atomic E-state index is 0.614. The van der Waals surface area contributed by atoms with Crippen LogP contribution in [0.15, 0.2) is 28.7 Å². The van der Waals surface area contributed by atoms with E-state index in [0.29, 0.717) is 13.2 Å². The van der Waals surface area contributed by atoms with E-state index in [0.717, 1.165) is 29.3 Å². The van der Waals surface area contributed by atoms with Gasteiger partial charge in [0.15, 0.2) is 0 Å². The van der Waals surface area contributed by atoms with Crippen LogP contribution in [0.2, 0.25) is 0 Å². The zero-order valence-electron chi connectivity index (χ0n) is 12.2. The minimum absolute atomic E-state index is 0.614. The van der Waals surface area contributed by atoms with Crippen LogP contribution in [0.1, 0.15) is 19.8 Å². The fourth-order valence-electron chi connectivity index (χ4n) is 2.51. The number of likely N-dealkylation sites (tertiary alicyclic amines) is 1. The molecule has 0 unspecified atom stereocenters. The van der Waals surface area contributed by atoms with Crippen molar-refractivity contribution in [3.05, 3.63) is 28.7 Å². The van der Waals surface area contributed by atoms with Gasteiger partial charge in [0.2, 0.25) is 0 Å². The van der Waals surface area contributed by atoms with E-state index in [4.69, 9.17) is 9.47 Å². The highest BCUT2D eigenvalue weighted by molar-refractivity contribution is 9.10. The normalized spacial score (nSPS) is 22.7. The van der Waals surface area contributed by atoms with Crippen molar-refractivity contribution in [1.82, 2.24) is 0 Å². The van der Waals surface area contributed by atoms with E-state index in [9.17, 15) is 0 Å². The largest absolute Gasteiger partial charge is 0.491 e. The van der Waals surface area contributed by atoms with Crippen molar-refractivity contribution in [1.29, 1.82) is 0 Å². The molecule has 0 saturated carbocycles. The first-order chi connectivity index (χ1) is 9.74. The molecule has 0 atom stereocenters. The number of rotatable bonds is 7. The molecule has 1 aromatic carbocycles. The quantitative estimate of drug-likeness (QED) is 0.767. The molecule has 0 amide bonds. The molecule has 112 valence electrons. The molecule has 1 N–H and O–H groups in total. The van der Waals surface area contributed by atoms with Crippen LogP contribution in [-0.2, 0) is 4.74 Å². The molecule has 1 saturated heterocycles. The van der Waals surface area contributed by atoms with Gasteiger partial charge in [-0.05, 0) is 37.0 Å². The topological polar surface area (TPSA) is 22.9 Å². The third-order valence-corrected chi connectivity index (χ3v) is 4.37. The molecule has 1 aliphatic heterocycles. The number of benzene rings is 1. The average molecular weight is 343 g/mol. The van der Waals surface area contributed by atoms with Crippen molar-refractivity contribution < 1.29 is 14.4 Å². The summed E-state index contributed by atoms with van der Waals surface area (Å²) in [4.78, 5) is 1.69. The van der Waals surface area contributed by atoms with Gasteiger partial charge in [-0.25, -0.2) is 0 Å². The van der Waals surface area contributed by atoms with Crippen molar-refractivity contribution >= 4 is 15.9 Å². The predicted octanol–water partition coefficient (Wildman–Crippen LogP) is 2.16. The Labute approximate surface area is 130 Å². The van der Waals surface area contributed by atoms with Crippen molar-refractivity contribution in [3.63, 3.8) is 0 Å². The monoisotopic (exact) mass is 342 g/mol. The summed E-state index contributed by atoms with van der Waals surface area (Å²) in [5, 5.41) is 0. The zero-order chi connectivity index (χ0) is 14.2. The average Bonchev–Trinajstić information content (AvgIpc) is 2.45. The molecule has 1 aliphatic rings. The van der Waals surface area contributed by atoms with Gasteiger partial charge in [0.05, 0.1) is 26.3 Å². The molecule has 0 aromatic heterocycles. The lowest BCUT2D eigenvalue weighted by Crippen LogP contribution is -3.13. The van der Waals surface area contributed by atoms with Crippen LogP contribution in [-0.4, -0.2) is 39.5 Å². The fourth-order valence-corrected chi connectivity index (χ4v) is 2.89. The lowest BCUT2D eigenvalue weighted by molar-refractivity contribution is -0.906. The van der Waals surface area contributed by atoms with Crippen LogP contribution < -0.4 is 9.64 Å². The smallest absolute Gasteiger partial charge is 0.120 e. The van der Waals surface area contributed by atoms with E-state index in [1.807, 2.05) is 24.3 Å². The molecule has 1 fully saturated rings. The third-order valence-electron chi connectivity index (χ3n) is 3.87. The summed E-state index contributed by atoms with van der Waals surface area (Å²) in [6, 6.07) is 7.90. The molecule has 1 aromatic rings. The van der Waals surface area contributed by atoms with Gasteiger partial charge >= 0.3 is 0 Å². The molecule has 3 nitrogen and oxygen atoms in total. The molecule has 2 rings (SSSR count). The Balaban J connectivity index is 1.49. The summed E-state index contributed by atoms with van der Waals surface area (Å²) >= 11 is 3.43. The summed E-state index contributed by atoms with van der Waals surface area (Å²) in [6.07, 6.45) is 2.72. The Bertz CT molecular complexity index is 392. The van der Waals surface area contributed by atoms with Gasteiger partial charge in [-0.3, -0.25) is 0 Å². The second-order valence-electron chi connectivity index (χ2n) is 5.60. The Morgan fingerprint density at radius 2 is 2.00 bits per heavy atom. The van der Waals surface area contributed by atoms with Gasteiger partial charge < -0.3 is 14.4 Å². The highest BCUT2D eigenvalue weighted by Crippen LogP contribution is 2.17. The number of nitrogens with one attached hydrogen (secondary N) is 1. The molecule has 0 bridgehead atoms. The first-order valence-electron chi connectivity index (χ1n) is 7.54. The van der Waals surface area contributed by atoms with Crippen molar-refractivity contribution in [2.45, 2.75) is 19.8 Å². The summed E-state index contributed by atoms with van der Waals surface area (Å²) in [5.74, 6) is 1.80.